The molecule has 1 rings (SSSR count). The molecule has 0 saturated carbocycles. The second-order valence-electron chi connectivity index (χ2n) is 8.93. The molecule has 0 aromatic rings. The molecule has 0 aliphatic heterocycles. The number of ether oxygens (including phenoxy) is 2. The molecule has 0 N–H and O–H groups in total. The molecule has 6 heteroatoms. The number of esters is 2. The smallest absolute Gasteiger partial charge is 0.305 e. The fourth-order valence-electron chi connectivity index (χ4n) is 3.70. The van der Waals surface area contributed by atoms with E-state index in [1.807, 2.05) is 27.7 Å². The fourth-order valence-corrected chi connectivity index (χ4v) is 3.70. The third-order valence-corrected chi connectivity index (χ3v) is 5.52. The van der Waals surface area contributed by atoms with Crippen LogP contribution in [0.2, 0.25) is 0 Å². The first kappa shape index (κ1) is 25.8. The molecule has 1 aliphatic carbocycles. The third-order valence-electron chi connectivity index (χ3n) is 5.52. The molecule has 0 saturated heterocycles. The van der Waals surface area contributed by atoms with Crippen molar-refractivity contribution in [3.63, 3.8) is 0 Å². The predicted molar refractivity (Wildman–Crippen MR) is 115 cm³/mol. The molecule has 6 nitrogen and oxygen atoms in total. The van der Waals surface area contributed by atoms with Crippen LogP contribution in [0.4, 0.5) is 0 Å². The minimum atomic E-state index is -0.519. The zero-order valence-electron chi connectivity index (χ0n) is 19.3. The minimum absolute atomic E-state index is 0.163. The number of hydrogen-bond donors (Lipinski definition) is 0. The predicted octanol–water partition coefficient (Wildman–Crippen LogP) is 4.51. The van der Waals surface area contributed by atoms with E-state index in [4.69, 9.17) is 9.47 Å². The average molecular weight is 421 g/mol. The van der Waals surface area contributed by atoms with Gasteiger partial charge in [0, 0.05) is 24.0 Å². The van der Waals surface area contributed by atoms with Crippen molar-refractivity contribution < 1.29 is 28.7 Å². The van der Waals surface area contributed by atoms with Gasteiger partial charge in [0.05, 0.1) is 13.2 Å². The topological polar surface area (TPSA) is 86.7 Å². The molecule has 0 radical (unpaired) electrons. The summed E-state index contributed by atoms with van der Waals surface area (Å²) in [6.07, 6.45) is 5.86. The first-order valence-electron chi connectivity index (χ1n) is 10.8. The van der Waals surface area contributed by atoms with E-state index in [1.54, 1.807) is 13.8 Å². The zero-order valence-corrected chi connectivity index (χ0v) is 19.3. The summed E-state index contributed by atoms with van der Waals surface area (Å²) in [5, 5.41) is 0. The van der Waals surface area contributed by atoms with Gasteiger partial charge < -0.3 is 9.47 Å². The van der Waals surface area contributed by atoms with Gasteiger partial charge in [-0.2, -0.15) is 0 Å². The molecule has 1 aliphatic rings. The van der Waals surface area contributed by atoms with E-state index in [-0.39, 0.29) is 23.5 Å². The van der Waals surface area contributed by atoms with E-state index < -0.39 is 10.8 Å². The van der Waals surface area contributed by atoms with E-state index >= 15 is 0 Å². The Kier molecular flexibility index (Phi) is 9.66. The molecule has 30 heavy (non-hydrogen) atoms. The normalized spacial score (nSPS) is 14.9. The van der Waals surface area contributed by atoms with Crippen molar-refractivity contribution in [2.24, 2.45) is 10.8 Å². The summed E-state index contributed by atoms with van der Waals surface area (Å²) in [6.45, 7) is 11.9. The molecule has 0 spiro atoms. The standard InChI is InChI=1S/C24H36O6/c1-7-29-21(27)11-9-13-23(3,4)17-15-20(26)18(16-19(17)25)24(5,6)14-10-12-22(28)30-8-2/h15-16H,7-14H2,1-6H3. The van der Waals surface area contributed by atoms with Gasteiger partial charge in [-0.1, -0.05) is 27.7 Å². The quantitative estimate of drug-likeness (QED) is 0.341. The van der Waals surface area contributed by atoms with Gasteiger partial charge in [0.15, 0.2) is 11.6 Å². The number of rotatable bonds is 12. The maximum Gasteiger partial charge on any atom is 0.305 e. The molecule has 0 aromatic heterocycles. The molecular formula is C24H36O6. The largest absolute Gasteiger partial charge is 0.466 e. The summed E-state index contributed by atoms with van der Waals surface area (Å²) >= 11 is 0. The van der Waals surface area contributed by atoms with Gasteiger partial charge in [-0.05, 0) is 62.5 Å². The third kappa shape index (κ3) is 7.54. The highest BCUT2D eigenvalue weighted by atomic mass is 16.5. The van der Waals surface area contributed by atoms with Gasteiger partial charge in [-0.25, -0.2) is 0 Å². The van der Waals surface area contributed by atoms with Crippen LogP contribution in [0.3, 0.4) is 0 Å². The van der Waals surface area contributed by atoms with Crippen LogP contribution in [0.5, 0.6) is 0 Å². The van der Waals surface area contributed by atoms with Crippen molar-refractivity contribution in [2.75, 3.05) is 13.2 Å². The first-order chi connectivity index (χ1) is 13.9. The first-order valence-corrected chi connectivity index (χ1v) is 10.8. The summed E-state index contributed by atoms with van der Waals surface area (Å²) in [4.78, 5) is 48.8. The molecule has 0 aromatic carbocycles. The molecule has 0 fully saturated rings. The maximum atomic E-state index is 12.8. The van der Waals surface area contributed by atoms with E-state index in [1.165, 1.54) is 12.2 Å². The van der Waals surface area contributed by atoms with Crippen LogP contribution < -0.4 is 0 Å². The SMILES string of the molecule is CCOC(=O)CCCC(C)(C)C1=CC(=O)C(C(C)(C)CCCC(=O)OCC)=CC1=O. The number of carbonyl (C=O) groups is 4. The summed E-state index contributed by atoms with van der Waals surface area (Å²) in [6, 6.07) is 0. The molecule has 0 bridgehead atoms. The van der Waals surface area contributed by atoms with Crippen LogP contribution in [0, 0.1) is 10.8 Å². The Bertz CT molecular complexity index is 662. The van der Waals surface area contributed by atoms with E-state index in [2.05, 4.69) is 0 Å². The number of allylic oxidation sites excluding steroid dienone is 4. The van der Waals surface area contributed by atoms with Gasteiger partial charge >= 0.3 is 11.9 Å². The highest BCUT2D eigenvalue weighted by Gasteiger charge is 2.36. The lowest BCUT2D eigenvalue weighted by molar-refractivity contribution is -0.144. The minimum Gasteiger partial charge on any atom is -0.466 e. The molecule has 0 heterocycles. The van der Waals surface area contributed by atoms with Crippen molar-refractivity contribution >= 4 is 23.5 Å². The van der Waals surface area contributed by atoms with E-state index in [0.717, 1.165) is 0 Å². The summed E-state index contributed by atoms with van der Waals surface area (Å²) < 4.78 is 9.88. The summed E-state index contributed by atoms with van der Waals surface area (Å²) in [5.41, 5.74) is -0.0881. The van der Waals surface area contributed by atoms with Gasteiger partial charge in [0.25, 0.3) is 0 Å². The van der Waals surface area contributed by atoms with Crippen molar-refractivity contribution in [3.05, 3.63) is 23.3 Å². The van der Waals surface area contributed by atoms with Crippen LogP contribution in [0.25, 0.3) is 0 Å². The van der Waals surface area contributed by atoms with Gasteiger partial charge in [0.2, 0.25) is 0 Å². The van der Waals surface area contributed by atoms with Crippen LogP contribution in [0.15, 0.2) is 23.3 Å². The Morgan fingerprint density at radius 3 is 1.37 bits per heavy atom. The van der Waals surface area contributed by atoms with Crippen molar-refractivity contribution in [2.45, 2.75) is 80.1 Å². The number of carbonyl (C=O) groups excluding carboxylic acids is 4. The number of ketones is 2. The summed E-state index contributed by atoms with van der Waals surface area (Å²) in [7, 11) is 0. The fraction of sp³-hybridized carbons (Fsp3) is 0.667. The lowest BCUT2D eigenvalue weighted by atomic mass is 9.70. The second kappa shape index (κ2) is 11.2. The van der Waals surface area contributed by atoms with E-state index in [9.17, 15) is 19.2 Å². The molecule has 168 valence electrons. The molecular weight excluding hydrogens is 384 g/mol. The van der Waals surface area contributed by atoms with Crippen LogP contribution in [-0.4, -0.2) is 36.7 Å². The Balaban J connectivity index is 2.77. The summed E-state index contributed by atoms with van der Waals surface area (Å²) in [5.74, 6) is -0.825. The second-order valence-corrected chi connectivity index (χ2v) is 8.93. The molecule has 0 unspecified atom stereocenters. The molecule has 0 amide bonds. The maximum absolute atomic E-state index is 12.8. The van der Waals surface area contributed by atoms with Crippen molar-refractivity contribution in [1.82, 2.24) is 0 Å². The Labute approximate surface area is 180 Å². The van der Waals surface area contributed by atoms with Gasteiger partial charge in [0.1, 0.15) is 0 Å². The highest BCUT2D eigenvalue weighted by molar-refractivity contribution is 6.20. The monoisotopic (exact) mass is 420 g/mol. The van der Waals surface area contributed by atoms with Crippen molar-refractivity contribution in [1.29, 1.82) is 0 Å². The lowest BCUT2D eigenvalue weighted by Gasteiger charge is -2.32. The Morgan fingerprint density at radius 2 is 1.07 bits per heavy atom. The van der Waals surface area contributed by atoms with Crippen LogP contribution in [0.1, 0.15) is 80.1 Å². The van der Waals surface area contributed by atoms with E-state index in [0.29, 0.717) is 62.9 Å². The highest BCUT2D eigenvalue weighted by Crippen LogP contribution is 2.40. The van der Waals surface area contributed by atoms with Gasteiger partial charge in [-0.15, -0.1) is 0 Å². The average Bonchev–Trinajstić information content (AvgIpc) is 2.63. The lowest BCUT2D eigenvalue weighted by Crippen LogP contribution is -2.30. The zero-order chi connectivity index (χ0) is 22.9. The van der Waals surface area contributed by atoms with Crippen LogP contribution >= 0.6 is 0 Å². The Morgan fingerprint density at radius 1 is 0.733 bits per heavy atom. The van der Waals surface area contributed by atoms with Crippen LogP contribution in [-0.2, 0) is 28.7 Å². The Hall–Kier alpha value is -2.24. The number of hydrogen-bond acceptors (Lipinski definition) is 6. The van der Waals surface area contributed by atoms with Gasteiger partial charge in [-0.3, -0.25) is 19.2 Å². The van der Waals surface area contributed by atoms with Crippen molar-refractivity contribution in [3.8, 4) is 0 Å². The molecule has 0 atom stereocenters.